The van der Waals surface area contributed by atoms with Crippen LogP contribution < -0.4 is 4.74 Å². The van der Waals surface area contributed by atoms with Crippen LogP contribution in [0.2, 0.25) is 0 Å². The Morgan fingerprint density at radius 2 is 1.49 bits per heavy atom. The molecule has 0 unspecified atom stereocenters. The molecule has 2 saturated carbocycles. The lowest BCUT2D eigenvalue weighted by Crippen LogP contribution is -2.30. The van der Waals surface area contributed by atoms with Gasteiger partial charge in [0, 0.05) is 6.08 Å². The number of aryl methyl sites for hydroxylation is 3. The van der Waals surface area contributed by atoms with Crippen molar-refractivity contribution in [1.82, 2.24) is 0 Å². The van der Waals surface area contributed by atoms with E-state index in [0.29, 0.717) is 6.61 Å². The quantitative estimate of drug-likeness (QED) is 0.116. The maximum atomic E-state index is 13.1. The van der Waals surface area contributed by atoms with Crippen molar-refractivity contribution in [3.8, 4) is 5.75 Å². The molecule has 1 aromatic rings. The Morgan fingerprint density at radius 1 is 0.892 bits per heavy atom. The minimum Gasteiger partial charge on any atom is -0.463 e. The van der Waals surface area contributed by atoms with Crippen molar-refractivity contribution in [2.24, 2.45) is 23.7 Å². The molecule has 0 amide bonds. The number of carbonyl (C=O) groups excluding carboxylic acids is 2. The maximum absolute atomic E-state index is 13.1. The highest BCUT2D eigenvalue weighted by atomic mass is 16.5. The van der Waals surface area contributed by atoms with Gasteiger partial charge in [-0.25, -0.2) is 4.79 Å². The molecule has 2 fully saturated rings. The molecule has 0 aliphatic heterocycles. The van der Waals surface area contributed by atoms with Crippen molar-refractivity contribution in [2.75, 3.05) is 6.61 Å². The van der Waals surface area contributed by atoms with Gasteiger partial charge in [-0.15, -0.1) is 0 Å². The highest BCUT2D eigenvalue weighted by Gasteiger charge is 2.33. The molecule has 2 aliphatic carbocycles. The molecule has 4 heteroatoms. The first-order valence-corrected chi connectivity index (χ1v) is 15.0. The van der Waals surface area contributed by atoms with Gasteiger partial charge < -0.3 is 9.47 Å². The molecule has 0 atom stereocenters. The van der Waals surface area contributed by atoms with E-state index in [1.165, 1.54) is 63.0 Å². The molecule has 3 rings (SSSR count). The third kappa shape index (κ3) is 9.30. The van der Waals surface area contributed by atoms with E-state index in [4.69, 9.17) is 9.47 Å². The number of rotatable bonds is 13. The zero-order chi connectivity index (χ0) is 26.6. The van der Waals surface area contributed by atoms with Gasteiger partial charge in [-0.1, -0.05) is 64.2 Å². The van der Waals surface area contributed by atoms with Crippen LogP contribution in [0.3, 0.4) is 0 Å². The first-order chi connectivity index (χ1) is 17.9. The predicted molar refractivity (Wildman–Crippen MR) is 151 cm³/mol. The third-order valence-electron chi connectivity index (χ3n) is 8.85. The van der Waals surface area contributed by atoms with Gasteiger partial charge in [0.15, 0.2) is 0 Å². The lowest BCUT2D eigenvalue weighted by Gasteiger charge is -2.37. The average molecular weight is 511 g/mol. The fourth-order valence-electron chi connectivity index (χ4n) is 6.73. The Kier molecular flexibility index (Phi) is 12.2. The Balaban J connectivity index is 1.39. The van der Waals surface area contributed by atoms with Crippen LogP contribution in [-0.4, -0.2) is 18.5 Å². The summed E-state index contributed by atoms with van der Waals surface area (Å²) in [5.41, 5.74) is 3.40. The van der Waals surface area contributed by atoms with Gasteiger partial charge in [0.2, 0.25) is 0 Å². The van der Waals surface area contributed by atoms with Crippen LogP contribution in [0.4, 0.5) is 0 Å². The van der Waals surface area contributed by atoms with Gasteiger partial charge in [0.1, 0.15) is 5.75 Å². The van der Waals surface area contributed by atoms with Crippen molar-refractivity contribution in [1.29, 1.82) is 0 Å². The van der Waals surface area contributed by atoms with E-state index >= 15 is 0 Å². The first kappa shape index (κ1) is 29.5. The molecule has 4 nitrogen and oxygen atoms in total. The van der Waals surface area contributed by atoms with Crippen molar-refractivity contribution >= 4 is 11.9 Å². The van der Waals surface area contributed by atoms with Gasteiger partial charge in [0.05, 0.1) is 12.5 Å². The molecule has 206 valence electrons. The largest absolute Gasteiger partial charge is 0.463 e. The van der Waals surface area contributed by atoms with Crippen LogP contribution in [-0.2, 0) is 20.7 Å². The van der Waals surface area contributed by atoms with Crippen LogP contribution in [0.5, 0.6) is 5.75 Å². The normalized spacial score (nSPS) is 23.9. The van der Waals surface area contributed by atoms with E-state index in [1.54, 1.807) is 0 Å². The summed E-state index contributed by atoms with van der Waals surface area (Å²) in [6, 6.07) is 4.35. The lowest BCUT2D eigenvalue weighted by atomic mass is 9.69. The Labute approximate surface area is 225 Å². The fourth-order valence-corrected chi connectivity index (χ4v) is 6.73. The predicted octanol–water partition coefficient (Wildman–Crippen LogP) is 8.45. The Morgan fingerprint density at radius 3 is 2.08 bits per heavy atom. The van der Waals surface area contributed by atoms with Crippen molar-refractivity contribution in [2.45, 2.75) is 117 Å². The van der Waals surface area contributed by atoms with E-state index in [-0.39, 0.29) is 17.9 Å². The van der Waals surface area contributed by atoms with Gasteiger partial charge in [-0.2, -0.15) is 0 Å². The SMILES string of the molecule is C=CC(=O)OCCCCCCc1cc(C)c(OC(=O)C2CCC(C3CCC(CCC)CC3)CC2)c(C)c1. The molecular weight excluding hydrogens is 460 g/mol. The average Bonchev–Trinajstić information content (AvgIpc) is 2.90. The second-order valence-electron chi connectivity index (χ2n) is 11.7. The number of unbranched alkanes of at least 4 members (excludes halogenated alkanes) is 3. The molecule has 0 aromatic heterocycles. The van der Waals surface area contributed by atoms with Gasteiger partial charge >= 0.3 is 11.9 Å². The maximum Gasteiger partial charge on any atom is 0.330 e. The van der Waals surface area contributed by atoms with Crippen molar-refractivity contribution < 1.29 is 19.1 Å². The van der Waals surface area contributed by atoms with E-state index in [2.05, 4.69) is 39.5 Å². The minimum atomic E-state index is -0.348. The van der Waals surface area contributed by atoms with Gasteiger partial charge in [-0.3, -0.25) is 4.79 Å². The van der Waals surface area contributed by atoms with Crippen LogP contribution >= 0.6 is 0 Å². The zero-order valence-corrected chi connectivity index (χ0v) is 23.7. The summed E-state index contributed by atoms with van der Waals surface area (Å²) in [5.74, 6) is 3.10. The summed E-state index contributed by atoms with van der Waals surface area (Å²) < 4.78 is 11.0. The molecule has 1 aromatic carbocycles. The Hall–Kier alpha value is -2.10. The summed E-state index contributed by atoms with van der Waals surface area (Å²) >= 11 is 0. The molecule has 0 bridgehead atoms. The number of esters is 2. The molecule has 0 radical (unpaired) electrons. The number of carbonyl (C=O) groups is 2. The monoisotopic (exact) mass is 510 g/mol. The zero-order valence-electron chi connectivity index (χ0n) is 23.7. The second-order valence-corrected chi connectivity index (χ2v) is 11.7. The van der Waals surface area contributed by atoms with E-state index in [1.807, 2.05) is 0 Å². The highest BCUT2D eigenvalue weighted by molar-refractivity contribution is 5.81. The van der Waals surface area contributed by atoms with E-state index in [9.17, 15) is 9.59 Å². The summed E-state index contributed by atoms with van der Waals surface area (Å²) in [7, 11) is 0. The second kappa shape index (κ2) is 15.3. The number of ether oxygens (including phenoxy) is 2. The standard InChI is InChI=1S/C33H50O4/c1-5-11-26-13-15-28(16-14-26)29-17-19-30(20-18-29)33(35)37-32-24(3)22-27(23-25(32)4)12-9-7-8-10-21-36-31(34)6-2/h6,22-23,26,28-30H,2,5,7-21H2,1,3-4H3. The molecule has 0 spiro atoms. The fraction of sp³-hybridized carbons (Fsp3) is 0.697. The van der Waals surface area contributed by atoms with Crippen LogP contribution in [0, 0.1) is 37.5 Å². The lowest BCUT2D eigenvalue weighted by molar-refractivity contribution is -0.140. The molecular formula is C33H50O4. The molecule has 0 saturated heterocycles. The van der Waals surface area contributed by atoms with Gasteiger partial charge in [-0.05, 0) is 106 Å². The minimum absolute atomic E-state index is 0.0267. The highest BCUT2D eigenvalue weighted by Crippen LogP contribution is 2.42. The molecule has 2 aliphatic rings. The summed E-state index contributed by atoms with van der Waals surface area (Å²) in [6.07, 6.45) is 19.1. The van der Waals surface area contributed by atoms with Crippen LogP contribution in [0.15, 0.2) is 24.8 Å². The topological polar surface area (TPSA) is 52.6 Å². The van der Waals surface area contributed by atoms with Crippen LogP contribution in [0.25, 0.3) is 0 Å². The number of hydrogen-bond donors (Lipinski definition) is 0. The van der Waals surface area contributed by atoms with Crippen molar-refractivity contribution in [3.05, 3.63) is 41.5 Å². The Bertz CT molecular complexity index is 849. The summed E-state index contributed by atoms with van der Waals surface area (Å²) in [5, 5.41) is 0. The number of benzene rings is 1. The van der Waals surface area contributed by atoms with Gasteiger partial charge in [0.25, 0.3) is 0 Å². The molecule has 0 heterocycles. The van der Waals surface area contributed by atoms with E-state index < -0.39 is 0 Å². The third-order valence-corrected chi connectivity index (χ3v) is 8.85. The van der Waals surface area contributed by atoms with E-state index in [0.717, 1.165) is 79.6 Å². The first-order valence-electron chi connectivity index (χ1n) is 15.0. The molecule has 0 N–H and O–H groups in total. The number of hydrogen-bond acceptors (Lipinski definition) is 4. The smallest absolute Gasteiger partial charge is 0.330 e. The van der Waals surface area contributed by atoms with Crippen LogP contribution in [0.1, 0.15) is 114 Å². The summed E-state index contributed by atoms with van der Waals surface area (Å²) in [6.45, 7) is 10.3. The molecule has 37 heavy (non-hydrogen) atoms. The summed E-state index contributed by atoms with van der Waals surface area (Å²) in [4.78, 5) is 24.1. The van der Waals surface area contributed by atoms with Crippen molar-refractivity contribution in [3.63, 3.8) is 0 Å².